The largest absolute Gasteiger partial charge is 0.472 e. The average Bonchev–Trinajstić information content (AvgIpc) is 0.917. The molecule has 19 heteroatoms. The van der Waals surface area contributed by atoms with Gasteiger partial charge in [0.1, 0.15) is 19.3 Å². The van der Waals surface area contributed by atoms with E-state index in [9.17, 15) is 43.2 Å². The highest BCUT2D eigenvalue weighted by Gasteiger charge is 2.31. The Morgan fingerprint density at radius 3 is 0.676 bits per heavy atom. The highest BCUT2D eigenvalue weighted by molar-refractivity contribution is 7.47. The molecule has 0 saturated carbocycles. The van der Waals surface area contributed by atoms with Gasteiger partial charge < -0.3 is 33.8 Å². The minimum Gasteiger partial charge on any atom is -0.462 e. The molecule has 0 radical (unpaired) electrons. The number of aliphatic hydroxyl groups excluding tert-OH is 1. The maximum atomic E-state index is 13.1. The Hall–Kier alpha value is -1.94. The van der Waals surface area contributed by atoms with Gasteiger partial charge >= 0.3 is 39.5 Å². The van der Waals surface area contributed by atoms with E-state index in [0.29, 0.717) is 31.6 Å². The molecule has 0 aliphatic carbocycles. The van der Waals surface area contributed by atoms with Gasteiger partial charge in [0.15, 0.2) is 12.2 Å². The maximum absolute atomic E-state index is 13.1. The van der Waals surface area contributed by atoms with Crippen LogP contribution in [0.15, 0.2) is 0 Å². The predicted molar refractivity (Wildman–Crippen MR) is 432 cm³/mol. The van der Waals surface area contributed by atoms with Gasteiger partial charge in [0.2, 0.25) is 0 Å². The lowest BCUT2D eigenvalue weighted by molar-refractivity contribution is -0.161. The molecule has 0 aliphatic heterocycles. The van der Waals surface area contributed by atoms with Gasteiger partial charge in [-0.25, -0.2) is 9.13 Å². The van der Waals surface area contributed by atoms with Crippen molar-refractivity contribution in [2.75, 3.05) is 39.6 Å². The molecule has 0 rings (SSSR count). The van der Waals surface area contributed by atoms with Crippen molar-refractivity contribution in [3.8, 4) is 0 Å². The van der Waals surface area contributed by atoms with Gasteiger partial charge in [0, 0.05) is 25.7 Å². The fraction of sp³-hybridized carbons (Fsp3) is 0.953. The topological polar surface area (TPSA) is 237 Å². The SMILES string of the molecule is CCC(C)CCCCCCCCCCCCCCCCC(=O)OC[C@H](COP(=O)(O)OCC(O)COP(=O)(O)OC[C@@H](COC(=O)CCCCCCCCCC(C)C)OC(=O)CCCCCCCCCCCCCCCCCCCCC(C)C)OC(=O)CCCCCCCCCCCCCCCC(C)C. The van der Waals surface area contributed by atoms with Gasteiger partial charge in [0.25, 0.3) is 0 Å². The minimum absolute atomic E-state index is 0.107. The van der Waals surface area contributed by atoms with Crippen molar-refractivity contribution in [2.45, 2.75) is 465 Å². The highest BCUT2D eigenvalue weighted by atomic mass is 31.2. The van der Waals surface area contributed by atoms with Crippen LogP contribution in [0, 0.1) is 23.7 Å². The Labute approximate surface area is 645 Å². The highest BCUT2D eigenvalue weighted by Crippen LogP contribution is 2.45. The van der Waals surface area contributed by atoms with Crippen molar-refractivity contribution in [3.63, 3.8) is 0 Å². The molecule has 0 heterocycles. The van der Waals surface area contributed by atoms with Gasteiger partial charge in [-0.15, -0.1) is 0 Å². The smallest absolute Gasteiger partial charge is 0.462 e. The number of carbonyl (C=O) groups excluding carboxylic acids is 4. The average molecular weight is 1540 g/mol. The first-order valence-corrected chi connectivity index (χ1v) is 47.2. The molecule has 0 saturated heterocycles. The van der Waals surface area contributed by atoms with E-state index in [-0.39, 0.29) is 25.7 Å². The number of ether oxygens (including phenoxy) is 4. The summed E-state index contributed by atoms with van der Waals surface area (Å²) in [4.78, 5) is 73.2. The number of phosphoric acid groups is 2. The second-order valence-corrected chi connectivity index (χ2v) is 35.5. The van der Waals surface area contributed by atoms with Crippen LogP contribution in [0.4, 0.5) is 0 Å². The Morgan fingerprint density at radius 2 is 0.457 bits per heavy atom. The molecule has 0 aromatic carbocycles. The first-order chi connectivity index (χ1) is 50.6. The van der Waals surface area contributed by atoms with Crippen molar-refractivity contribution in [1.29, 1.82) is 0 Å². The van der Waals surface area contributed by atoms with Crippen molar-refractivity contribution >= 4 is 39.5 Å². The van der Waals surface area contributed by atoms with Crippen LogP contribution in [0.1, 0.15) is 447 Å². The molecule has 0 aliphatic rings. The summed E-state index contributed by atoms with van der Waals surface area (Å²) in [6.45, 7) is 14.3. The summed E-state index contributed by atoms with van der Waals surface area (Å²) in [5, 5.41) is 10.7. The fourth-order valence-corrected chi connectivity index (χ4v) is 14.9. The van der Waals surface area contributed by atoms with Crippen LogP contribution in [0.2, 0.25) is 0 Å². The van der Waals surface area contributed by atoms with E-state index in [0.717, 1.165) is 114 Å². The van der Waals surface area contributed by atoms with Crippen LogP contribution >= 0.6 is 15.6 Å². The predicted octanol–water partition coefficient (Wildman–Crippen LogP) is 25.9. The molecule has 0 fully saturated rings. The van der Waals surface area contributed by atoms with Gasteiger partial charge in [-0.3, -0.25) is 37.3 Å². The van der Waals surface area contributed by atoms with Crippen LogP contribution in [0.5, 0.6) is 0 Å². The maximum Gasteiger partial charge on any atom is 0.472 e. The molecule has 0 aromatic rings. The van der Waals surface area contributed by atoms with E-state index in [1.165, 1.54) is 244 Å². The molecule has 0 spiro atoms. The summed E-state index contributed by atoms with van der Waals surface area (Å²) in [7, 11) is -9.93. The molecule has 17 nitrogen and oxygen atoms in total. The van der Waals surface area contributed by atoms with Crippen LogP contribution in [-0.2, 0) is 65.4 Å². The van der Waals surface area contributed by atoms with Crippen molar-refractivity contribution in [3.05, 3.63) is 0 Å². The van der Waals surface area contributed by atoms with Crippen LogP contribution in [-0.4, -0.2) is 96.7 Å². The third-order valence-corrected chi connectivity index (χ3v) is 22.3. The molecule has 4 unspecified atom stereocenters. The number of carbonyl (C=O) groups is 4. The third kappa shape index (κ3) is 78.5. The number of rotatable bonds is 83. The molecule has 0 bridgehead atoms. The summed E-state index contributed by atoms with van der Waals surface area (Å²) >= 11 is 0. The number of phosphoric ester groups is 2. The molecule has 0 aromatic heterocycles. The van der Waals surface area contributed by atoms with Gasteiger partial charge in [0.05, 0.1) is 26.4 Å². The number of hydrogen-bond donors (Lipinski definition) is 3. The van der Waals surface area contributed by atoms with E-state index >= 15 is 0 Å². The summed E-state index contributed by atoms with van der Waals surface area (Å²) in [6, 6.07) is 0. The Kier molecular flexibility index (Phi) is 73.4. The van der Waals surface area contributed by atoms with E-state index in [4.69, 9.17) is 37.0 Å². The monoisotopic (exact) mass is 1540 g/mol. The standard InChI is InChI=1S/C86H168O17P2/c1-9-79(8)65-57-49-41-33-27-21-16-17-22-28-34-42-50-58-66-83(88)96-72-81(102-85(90)69-61-53-44-36-30-24-18-20-26-32-39-47-55-63-77(4)5)74-100-104(92,93)98-70-80(87)71-99-105(94,95)101-75-82(73-97-84(89)67-59-51-45-37-40-48-56-64-78(6)7)103-86(91)68-60-52-43-35-29-23-15-13-11-10-12-14-19-25-31-38-46-54-62-76(2)3/h76-82,87H,9-75H2,1-8H3,(H,92,93)(H,94,95)/t79?,80?,81-,82-/m1/s1. The molecule has 3 N–H and O–H groups in total. The summed E-state index contributed by atoms with van der Waals surface area (Å²) in [5.74, 6) is 1.05. The van der Waals surface area contributed by atoms with Gasteiger partial charge in [-0.2, -0.15) is 0 Å². The normalized spacial score (nSPS) is 14.2. The van der Waals surface area contributed by atoms with E-state index in [2.05, 4.69) is 55.4 Å². The zero-order valence-electron chi connectivity index (χ0n) is 69.4. The van der Waals surface area contributed by atoms with Crippen molar-refractivity contribution in [1.82, 2.24) is 0 Å². The lowest BCUT2D eigenvalue weighted by atomic mass is 9.99. The van der Waals surface area contributed by atoms with Crippen LogP contribution in [0.25, 0.3) is 0 Å². The Bertz CT molecular complexity index is 2040. The second-order valence-electron chi connectivity index (χ2n) is 32.6. The lowest BCUT2D eigenvalue weighted by Gasteiger charge is -2.21. The molecular formula is C86H168O17P2. The summed E-state index contributed by atoms with van der Waals surface area (Å²) < 4.78 is 68.9. The molecular weight excluding hydrogens is 1370 g/mol. The minimum atomic E-state index is -4.97. The van der Waals surface area contributed by atoms with E-state index in [1.807, 2.05) is 0 Å². The summed E-state index contributed by atoms with van der Waals surface area (Å²) in [6.07, 6.45) is 63.9. The first-order valence-electron chi connectivity index (χ1n) is 44.2. The number of aliphatic hydroxyl groups is 1. The fourth-order valence-electron chi connectivity index (χ4n) is 13.3. The van der Waals surface area contributed by atoms with Gasteiger partial charge in [-0.1, -0.05) is 396 Å². The van der Waals surface area contributed by atoms with E-state index < -0.39 is 97.5 Å². The van der Waals surface area contributed by atoms with Crippen molar-refractivity contribution < 1.29 is 80.2 Å². The second kappa shape index (κ2) is 74.8. The quantitative estimate of drug-likeness (QED) is 0.0222. The van der Waals surface area contributed by atoms with Crippen molar-refractivity contribution in [2.24, 2.45) is 23.7 Å². The molecule has 105 heavy (non-hydrogen) atoms. The van der Waals surface area contributed by atoms with Crippen LogP contribution < -0.4 is 0 Å². The number of unbranched alkanes of at least 4 members (excludes halogenated alkanes) is 48. The zero-order chi connectivity index (χ0) is 77.4. The molecule has 6 atom stereocenters. The molecule has 0 amide bonds. The van der Waals surface area contributed by atoms with Crippen LogP contribution in [0.3, 0.4) is 0 Å². The third-order valence-electron chi connectivity index (χ3n) is 20.4. The lowest BCUT2D eigenvalue weighted by Crippen LogP contribution is -2.30. The summed E-state index contributed by atoms with van der Waals surface area (Å²) in [5.41, 5.74) is 0. The van der Waals surface area contributed by atoms with E-state index in [1.54, 1.807) is 0 Å². The van der Waals surface area contributed by atoms with Gasteiger partial charge in [-0.05, 0) is 49.4 Å². The number of hydrogen-bond acceptors (Lipinski definition) is 15. The Morgan fingerprint density at radius 1 is 0.267 bits per heavy atom. The molecule has 624 valence electrons. The Balaban J connectivity index is 5.21. The first kappa shape index (κ1) is 103. The number of esters is 4. The zero-order valence-corrected chi connectivity index (χ0v) is 71.2.